The zero-order chi connectivity index (χ0) is 15.2. The maximum Gasteiger partial charge on any atom is 0.257 e. The van der Waals surface area contributed by atoms with Gasteiger partial charge in [-0.05, 0) is 36.8 Å². The SMILES string of the molecule is C=CCOc1cccc(NC(=O)c2ccc(C)cc2Cl)c1. The molecule has 21 heavy (non-hydrogen) atoms. The highest BCUT2D eigenvalue weighted by Crippen LogP contribution is 2.21. The lowest BCUT2D eigenvalue weighted by molar-refractivity contribution is 0.102. The van der Waals surface area contributed by atoms with E-state index in [0.29, 0.717) is 28.6 Å². The Morgan fingerprint density at radius 3 is 2.86 bits per heavy atom. The van der Waals surface area contributed by atoms with Gasteiger partial charge in [-0.3, -0.25) is 4.79 Å². The molecule has 0 unspecified atom stereocenters. The predicted molar refractivity (Wildman–Crippen MR) is 86.3 cm³/mol. The van der Waals surface area contributed by atoms with Crippen molar-refractivity contribution in [3.63, 3.8) is 0 Å². The summed E-state index contributed by atoms with van der Waals surface area (Å²) in [6, 6.07) is 12.5. The summed E-state index contributed by atoms with van der Waals surface area (Å²) >= 11 is 6.09. The quantitative estimate of drug-likeness (QED) is 0.828. The highest BCUT2D eigenvalue weighted by atomic mass is 35.5. The highest BCUT2D eigenvalue weighted by Gasteiger charge is 2.10. The molecule has 0 saturated carbocycles. The van der Waals surface area contributed by atoms with Crippen LogP contribution >= 0.6 is 11.6 Å². The first-order valence-electron chi connectivity index (χ1n) is 6.51. The summed E-state index contributed by atoms with van der Waals surface area (Å²) in [5.74, 6) is 0.420. The van der Waals surface area contributed by atoms with Gasteiger partial charge in [0.15, 0.2) is 0 Å². The summed E-state index contributed by atoms with van der Waals surface area (Å²) in [7, 11) is 0. The fraction of sp³-hybridized carbons (Fsp3) is 0.118. The molecule has 0 radical (unpaired) electrons. The van der Waals surface area contributed by atoms with Crippen LogP contribution in [0.5, 0.6) is 5.75 Å². The fourth-order valence-electron chi connectivity index (χ4n) is 1.82. The zero-order valence-electron chi connectivity index (χ0n) is 11.7. The molecular weight excluding hydrogens is 286 g/mol. The van der Waals surface area contributed by atoms with Crippen molar-refractivity contribution < 1.29 is 9.53 Å². The standard InChI is InChI=1S/C17H16ClNO2/c1-3-9-21-14-6-4-5-13(11-14)19-17(20)15-8-7-12(2)10-16(15)18/h3-8,10-11H,1,9H2,2H3,(H,19,20). The van der Waals surface area contributed by atoms with Gasteiger partial charge in [-0.15, -0.1) is 0 Å². The van der Waals surface area contributed by atoms with Gasteiger partial charge in [0, 0.05) is 11.8 Å². The average Bonchev–Trinajstić information content (AvgIpc) is 2.45. The summed E-state index contributed by atoms with van der Waals surface area (Å²) in [5, 5.41) is 3.24. The molecule has 0 bridgehead atoms. The van der Waals surface area contributed by atoms with Gasteiger partial charge in [0.25, 0.3) is 5.91 Å². The molecule has 3 nitrogen and oxygen atoms in total. The van der Waals surface area contributed by atoms with Crippen LogP contribution in [0.2, 0.25) is 5.02 Å². The van der Waals surface area contributed by atoms with Gasteiger partial charge >= 0.3 is 0 Å². The maximum absolute atomic E-state index is 12.2. The van der Waals surface area contributed by atoms with Gasteiger partial charge < -0.3 is 10.1 Å². The number of carbonyl (C=O) groups is 1. The largest absolute Gasteiger partial charge is 0.489 e. The molecule has 4 heteroatoms. The minimum absolute atomic E-state index is 0.249. The molecule has 0 fully saturated rings. The van der Waals surface area contributed by atoms with E-state index in [0.717, 1.165) is 5.56 Å². The molecule has 2 aromatic carbocycles. The molecule has 2 rings (SSSR count). The molecule has 1 amide bonds. The Labute approximate surface area is 129 Å². The number of hydrogen-bond acceptors (Lipinski definition) is 2. The van der Waals surface area contributed by atoms with E-state index in [-0.39, 0.29) is 5.91 Å². The summed E-state index contributed by atoms with van der Waals surface area (Å²) in [6.45, 7) is 5.94. The van der Waals surface area contributed by atoms with E-state index in [9.17, 15) is 4.79 Å². The van der Waals surface area contributed by atoms with Crippen LogP contribution in [0.15, 0.2) is 55.1 Å². The van der Waals surface area contributed by atoms with Crippen molar-refractivity contribution in [2.45, 2.75) is 6.92 Å². The number of hydrogen-bond donors (Lipinski definition) is 1. The van der Waals surface area contributed by atoms with Gasteiger partial charge in [-0.2, -0.15) is 0 Å². The van der Waals surface area contributed by atoms with E-state index in [1.165, 1.54) is 0 Å². The van der Waals surface area contributed by atoms with Crippen molar-refractivity contribution in [2.24, 2.45) is 0 Å². The highest BCUT2D eigenvalue weighted by molar-refractivity contribution is 6.34. The third-order valence-electron chi connectivity index (χ3n) is 2.83. The van der Waals surface area contributed by atoms with Crippen molar-refractivity contribution in [1.29, 1.82) is 0 Å². The van der Waals surface area contributed by atoms with Gasteiger partial charge in [0.2, 0.25) is 0 Å². The molecular formula is C17H16ClNO2. The van der Waals surface area contributed by atoms with E-state index in [1.54, 1.807) is 30.3 Å². The summed E-state index contributed by atoms with van der Waals surface area (Å²) in [6.07, 6.45) is 1.66. The minimum atomic E-state index is -0.249. The third-order valence-corrected chi connectivity index (χ3v) is 3.14. The molecule has 0 aromatic heterocycles. The van der Waals surface area contributed by atoms with Gasteiger partial charge in [-0.1, -0.05) is 36.4 Å². The third kappa shape index (κ3) is 4.10. The lowest BCUT2D eigenvalue weighted by Gasteiger charge is -2.09. The van der Waals surface area contributed by atoms with E-state index in [1.807, 2.05) is 25.1 Å². The normalized spacial score (nSPS) is 10.0. The summed E-state index contributed by atoms with van der Waals surface area (Å²) in [5.41, 5.74) is 2.11. The number of nitrogens with one attached hydrogen (secondary N) is 1. The number of amides is 1. The van der Waals surface area contributed by atoms with Crippen LogP contribution in [0.3, 0.4) is 0 Å². The maximum atomic E-state index is 12.2. The van der Waals surface area contributed by atoms with E-state index >= 15 is 0 Å². The number of benzene rings is 2. The van der Waals surface area contributed by atoms with Gasteiger partial charge in [0.05, 0.1) is 10.6 Å². The second-order valence-electron chi connectivity index (χ2n) is 4.56. The topological polar surface area (TPSA) is 38.3 Å². The number of ether oxygens (including phenoxy) is 1. The Morgan fingerprint density at radius 2 is 2.14 bits per heavy atom. The second-order valence-corrected chi connectivity index (χ2v) is 4.97. The number of aryl methyl sites for hydroxylation is 1. The summed E-state index contributed by atoms with van der Waals surface area (Å²) < 4.78 is 5.43. The molecule has 0 heterocycles. The molecule has 0 aliphatic carbocycles. The van der Waals surface area contributed by atoms with Crippen LogP contribution in [-0.2, 0) is 0 Å². The number of rotatable bonds is 5. The van der Waals surface area contributed by atoms with Crippen molar-refractivity contribution in [2.75, 3.05) is 11.9 Å². The zero-order valence-corrected chi connectivity index (χ0v) is 12.5. The molecule has 0 saturated heterocycles. The van der Waals surface area contributed by atoms with E-state index in [2.05, 4.69) is 11.9 Å². The van der Waals surface area contributed by atoms with Gasteiger partial charge in [-0.25, -0.2) is 0 Å². The van der Waals surface area contributed by atoms with Crippen molar-refractivity contribution in [1.82, 2.24) is 0 Å². The Morgan fingerprint density at radius 1 is 1.33 bits per heavy atom. The van der Waals surface area contributed by atoms with Crippen LogP contribution in [-0.4, -0.2) is 12.5 Å². The molecule has 0 spiro atoms. The smallest absolute Gasteiger partial charge is 0.257 e. The van der Waals surface area contributed by atoms with Crippen LogP contribution in [0.1, 0.15) is 15.9 Å². The fourth-order valence-corrected chi connectivity index (χ4v) is 2.14. The molecule has 0 atom stereocenters. The Balaban J connectivity index is 2.13. The number of anilines is 1. The van der Waals surface area contributed by atoms with Crippen molar-refractivity contribution in [3.8, 4) is 5.75 Å². The first-order chi connectivity index (χ1) is 10.1. The molecule has 108 valence electrons. The van der Waals surface area contributed by atoms with Crippen LogP contribution < -0.4 is 10.1 Å². The second kappa shape index (κ2) is 6.95. The van der Waals surface area contributed by atoms with Crippen LogP contribution in [0, 0.1) is 6.92 Å². The van der Waals surface area contributed by atoms with E-state index in [4.69, 9.17) is 16.3 Å². The van der Waals surface area contributed by atoms with Crippen LogP contribution in [0.25, 0.3) is 0 Å². The predicted octanol–water partition coefficient (Wildman–Crippen LogP) is 4.47. The Bertz CT molecular complexity index is 668. The number of carbonyl (C=O) groups excluding carboxylic acids is 1. The molecule has 1 N–H and O–H groups in total. The van der Waals surface area contributed by atoms with Crippen molar-refractivity contribution >= 4 is 23.2 Å². The summed E-state index contributed by atoms with van der Waals surface area (Å²) in [4.78, 5) is 12.2. The first kappa shape index (κ1) is 15.1. The average molecular weight is 302 g/mol. The Kier molecular flexibility index (Phi) is 5.01. The lowest BCUT2D eigenvalue weighted by Crippen LogP contribution is -2.12. The number of halogens is 1. The first-order valence-corrected chi connectivity index (χ1v) is 6.89. The molecule has 0 aliphatic rings. The van der Waals surface area contributed by atoms with Gasteiger partial charge in [0.1, 0.15) is 12.4 Å². The van der Waals surface area contributed by atoms with Crippen molar-refractivity contribution in [3.05, 3.63) is 71.3 Å². The Hall–Kier alpha value is -2.26. The molecule has 0 aliphatic heterocycles. The lowest BCUT2D eigenvalue weighted by atomic mass is 10.1. The monoisotopic (exact) mass is 301 g/mol. The minimum Gasteiger partial charge on any atom is -0.489 e. The van der Waals surface area contributed by atoms with Crippen LogP contribution in [0.4, 0.5) is 5.69 Å². The molecule has 2 aromatic rings. The van der Waals surface area contributed by atoms with E-state index < -0.39 is 0 Å².